The van der Waals surface area contributed by atoms with Gasteiger partial charge in [0.1, 0.15) is 0 Å². The largest absolute Gasteiger partial charge is 0.481 e. The SMILES string of the molecule is CC(C)(CC(=O)O)NC(=O)N(CCC#N)c1ccccc1. The number of carbonyl (C=O) groups excluding carboxylic acids is 1. The minimum Gasteiger partial charge on any atom is -0.481 e. The minimum atomic E-state index is -0.983. The van der Waals surface area contributed by atoms with Crippen molar-refractivity contribution in [2.45, 2.75) is 32.2 Å². The van der Waals surface area contributed by atoms with Crippen molar-refractivity contribution in [3.05, 3.63) is 30.3 Å². The first-order valence-corrected chi connectivity index (χ1v) is 6.59. The molecule has 0 aliphatic heterocycles. The van der Waals surface area contributed by atoms with E-state index in [2.05, 4.69) is 5.32 Å². The summed E-state index contributed by atoms with van der Waals surface area (Å²) in [6.07, 6.45) is 0.0152. The molecule has 21 heavy (non-hydrogen) atoms. The lowest BCUT2D eigenvalue weighted by Crippen LogP contribution is -2.51. The van der Waals surface area contributed by atoms with Crippen LogP contribution in [0.3, 0.4) is 0 Å². The Morgan fingerprint density at radius 1 is 1.33 bits per heavy atom. The molecule has 0 aromatic heterocycles. The van der Waals surface area contributed by atoms with Gasteiger partial charge in [0.05, 0.1) is 18.9 Å². The Bertz CT molecular complexity index is 535. The molecule has 0 spiro atoms. The van der Waals surface area contributed by atoms with Crippen LogP contribution in [-0.4, -0.2) is 29.2 Å². The molecule has 0 bridgehead atoms. The molecule has 1 aromatic carbocycles. The van der Waals surface area contributed by atoms with E-state index in [1.54, 1.807) is 38.1 Å². The molecule has 0 atom stereocenters. The van der Waals surface area contributed by atoms with Gasteiger partial charge in [-0.05, 0) is 26.0 Å². The van der Waals surface area contributed by atoms with Crippen molar-refractivity contribution in [2.24, 2.45) is 0 Å². The van der Waals surface area contributed by atoms with Crippen LogP contribution in [0.5, 0.6) is 0 Å². The number of anilines is 1. The molecular formula is C15H19N3O3. The molecule has 2 amide bonds. The number of nitriles is 1. The summed E-state index contributed by atoms with van der Waals surface area (Å²) in [5.74, 6) is -0.983. The highest BCUT2D eigenvalue weighted by atomic mass is 16.4. The fourth-order valence-corrected chi connectivity index (χ4v) is 1.90. The van der Waals surface area contributed by atoms with Gasteiger partial charge in [-0.2, -0.15) is 5.26 Å². The maximum Gasteiger partial charge on any atom is 0.322 e. The molecule has 2 N–H and O–H groups in total. The first-order valence-electron chi connectivity index (χ1n) is 6.59. The number of carboxylic acid groups (broad SMARTS) is 1. The summed E-state index contributed by atoms with van der Waals surface area (Å²) >= 11 is 0. The lowest BCUT2D eigenvalue weighted by Gasteiger charge is -2.29. The van der Waals surface area contributed by atoms with E-state index < -0.39 is 17.5 Å². The number of rotatable bonds is 6. The van der Waals surface area contributed by atoms with Crippen LogP contribution in [-0.2, 0) is 4.79 Å². The molecule has 0 unspecified atom stereocenters. The minimum absolute atomic E-state index is 0.181. The molecule has 0 heterocycles. The zero-order valence-electron chi connectivity index (χ0n) is 12.2. The second-order valence-corrected chi connectivity index (χ2v) is 5.28. The van der Waals surface area contributed by atoms with Crippen molar-refractivity contribution in [1.82, 2.24) is 5.32 Å². The van der Waals surface area contributed by atoms with Gasteiger partial charge >= 0.3 is 12.0 Å². The highest BCUT2D eigenvalue weighted by Crippen LogP contribution is 2.16. The number of nitrogens with one attached hydrogen (secondary N) is 1. The summed E-state index contributed by atoms with van der Waals surface area (Å²) in [4.78, 5) is 24.6. The quantitative estimate of drug-likeness (QED) is 0.840. The van der Waals surface area contributed by atoms with Crippen molar-refractivity contribution >= 4 is 17.7 Å². The Balaban J connectivity index is 2.86. The van der Waals surface area contributed by atoms with Gasteiger partial charge in [0, 0.05) is 17.8 Å². The fourth-order valence-electron chi connectivity index (χ4n) is 1.90. The van der Waals surface area contributed by atoms with Gasteiger partial charge in [-0.15, -0.1) is 0 Å². The van der Waals surface area contributed by atoms with Crippen LogP contribution in [0.15, 0.2) is 30.3 Å². The number of aliphatic carboxylic acids is 1. The molecule has 1 rings (SSSR count). The summed E-state index contributed by atoms with van der Waals surface area (Å²) in [5, 5.41) is 20.3. The second kappa shape index (κ2) is 7.29. The standard InChI is InChI=1S/C15H19N3O3/c1-15(2,11-13(19)20)17-14(21)18(10-6-9-16)12-7-4-3-5-8-12/h3-5,7-8H,6,10-11H2,1-2H3,(H,17,21)(H,19,20). The molecule has 0 saturated heterocycles. The van der Waals surface area contributed by atoms with Crippen molar-refractivity contribution in [3.63, 3.8) is 0 Å². The Kier molecular flexibility index (Phi) is 5.73. The Labute approximate surface area is 124 Å². The second-order valence-electron chi connectivity index (χ2n) is 5.28. The topological polar surface area (TPSA) is 93.4 Å². The highest BCUT2D eigenvalue weighted by molar-refractivity contribution is 5.92. The number of hydrogen-bond acceptors (Lipinski definition) is 3. The van der Waals surface area contributed by atoms with Crippen LogP contribution in [0.25, 0.3) is 0 Å². The first kappa shape index (κ1) is 16.5. The maximum atomic E-state index is 12.4. The van der Waals surface area contributed by atoms with E-state index in [-0.39, 0.29) is 19.4 Å². The van der Waals surface area contributed by atoms with Gasteiger partial charge < -0.3 is 10.4 Å². The number of hydrogen-bond donors (Lipinski definition) is 2. The van der Waals surface area contributed by atoms with Crippen LogP contribution < -0.4 is 10.2 Å². The zero-order valence-corrected chi connectivity index (χ0v) is 12.2. The number of para-hydroxylation sites is 1. The van der Waals surface area contributed by atoms with E-state index in [9.17, 15) is 9.59 Å². The van der Waals surface area contributed by atoms with Gasteiger partial charge in [0.15, 0.2) is 0 Å². The molecule has 112 valence electrons. The van der Waals surface area contributed by atoms with Crippen LogP contribution in [0.1, 0.15) is 26.7 Å². The van der Waals surface area contributed by atoms with Gasteiger partial charge in [0.2, 0.25) is 0 Å². The molecule has 1 aromatic rings. The molecule has 0 aliphatic carbocycles. The number of carboxylic acids is 1. The summed E-state index contributed by atoms with van der Waals surface area (Å²) in [5.41, 5.74) is -0.209. The van der Waals surface area contributed by atoms with Gasteiger partial charge in [-0.25, -0.2) is 4.79 Å². The smallest absolute Gasteiger partial charge is 0.322 e. The summed E-state index contributed by atoms with van der Waals surface area (Å²) < 4.78 is 0. The van der Waals surface area contributed by atoms with Crippen molar-refractivity contribution in [1.29, 1.82) is 5.26 Å². The highest BCUT2D eigenvalue weighted by Gasteiger charge is 2.26. The Hall–Kier alpha value is -2.55. The third kappa shape index (κ3) is 5.53. The zero-order chi connectivity index (χ0) is 15.9. The maximum absolute atomic E-state index is 12.4. The van der Waals surface area contributed by atoms with E-state index >= 15 is 0 Å². The van der Waals surface area contributed by atoms with E-state index in [4.69, 9.17) is 10.4 Å². The predicted octanol–water partition coefficient (Wildman–Crippen LogP) is 2.37. The Morgan fingerprint density at radius 3 is 2.48 bits per heavy atom. The summed E-state index contributed by atoms with van der Waals surface area (Å²) in [6.45, 7) is 3.54. The molecule has 0 aliphatic rings. The molecule has 6 nitrogen and oxygen atoms in total. The molecule has 0 fully saturated rings. The summed E-state index contributed by atoms with van der Waals surface area (Å²) in [7, 11) is 0. The average molecular weight is 289 g/mol. The van der Waals surface area contributed by atoms with Gasteiger partial charge in [-0.3, -0.25) is 9.69 Å². The lowest BCUT2D eigenvalue weighted by atomic mass is 10.0. The average Bonchev–Trinajstić information content (AvgIpc) is 2.38. The van der Waals surface area contributed by atoms with Gasteiger partial charge in [-0.1, -0.05) is 18.2 Å². The van der Waals surface area contributed by atoms with Crippen molar-refractivity contribution < 1.29 is 14.7 Å². The normalized spacial score (nSPS) is 10.5. The van der Waals surface area contributed by atoms with Crippen LogP contribution >= 0.6 is 0 Å². The third-order valence-electron chi connectivity index (χ3n) is 2.80. The molecule has 6 heteroatoms. The first-order chi connectivity index (χ1) is 9.85. The number of urea groups is 1. The fraction of sp³-hybridized carbons (Fsp3) is 0.400. The number of amides is 2. The third-order valence-corrected chi connectivity index (χ3v) is 2.80. The number of nitrogens with zero attached hydrogens (tertiary/aromatic N) is 2. The van der Waals surface area contributed by atoms with E-state index in [1.807, 2.05) is 12.1 Å². The van der Waals surface area contributed by atoms with Crippen LogP contribution in [0.4, 0.5) is 10.5 Å². The molecule has 0 radical (unpaired) electrons. The summed E-state index contributed by atoms with van der Waals surface area (Å²) in [6, 6.07) is 10.5. The monoisotopic (exact) mass is 289 g/mol. The van der Waals surface area contributed by atoms with E-state index in [0.717, 1.165) is 0 Å². The number of benzene rings is 1. The molecular weight excluding hydrogens is 270 g/mol. The predicted molar refractivity (Wildman–Crippen MR) is 78.9 cm³/mol. The molecule has 0 saturated carbocycles. The Morgan fingerprint density at radius 2 is 1.95 bits per heavy atom. The lowest BCUT2D eigenvalue weighted by molar-refractivity contribution is -0.138. The number of carbonyl (C=O) groups is 2. The van der Waals surface area contributed by atoms with Crippen LogP contribution in [0.2, 0.25) is 0 Å². The van der Waals surface area contributed by atoms with Gasteiger partial charge in [0.25, 0.3) is 0 Å². The van der Waals surface area contributed by atoms with E-state index in [1.165, 1.54) is 4.90 Å². The van der Waals surface area contributed by atoms with Crippen molar-refractivity contribution in [2.75, 3.05) is 11.4 Å². The van der Waals surface area contributed by atoms with Crippen LogP contribution in [0, 0.1) is 11.3 Å². The van der Waals surface area contributed by atoms with Crippen molar-refractivity contribution in [3.8, 4) is 6.07 Å². The van der Waals surface area contributed by atoms with E-state index in [0.29, 0.717) is 5.69 Å².